The van der Waals surface area contributed by atoms with Gasteiger partial charge in [0.25, 0.3) is 0 Å². The summed E-state index contributed by atoms with van der Waals surface area (Å²) in [6.07, 6.45) is 7.44. The third kappa shape index (κ3) is 1.22. The maximum absolute atomic E-state index is 9.21. The van der Waals surface area contributed by atoms with Gasteiger partial charge in [-0.25, -0.2) is 0 Å². The van der Waals surface area contributed by atoms with E-state index in [0.29, 0.717) is 0 Å². The molecule has 0 atom stereocenters. The minimum Gasteiger partial charge on any atom is -0.314 e. The third-order valence-electron chi connectivity index (χ3n) is 2.85. The fraction of sp³-hybridized carbons (Fsp3) is 0.250. The monoisotopic (exact) mass is 214 g/mol. The molecule has 0 bridgehead atoms. The van der Waals surface area contributed by atoms with Gasteiger partial charge in [0.1, 0.15) is 11.1 Å². The first-order valence-electron chi connectivity index (χ1n) is 5.08. The number of fused-ring (bicyclic) bond motifs is 1. The van der Waals surface area contributed by atoms with Gasteiger partial charge in [0.05, 0.1) is 5.56 Å². The number of aromatic nitrogens is 1. The van der Waals surface area contributed by atoms with Crippen LogP contribution >= 0.6 is 11.3 Å². The lowest BCUT2D eigenvalue weighted by Crippen LogP contribution is -1.90. The lowest BCUT2D eigenvalue weighted by Gasteiger charge is -1.99. The molecule has 15 heavy (non-hydrogen) atoms. The highest BCUT2D eigenvalue weighted by molar-refractivity contribution is 7.15. The van der Waals surface area contributed by atoms with Gasteiger partial charge < -0.3 is 4.57 Å². The van der Waals surface area contributed by atoms with E-state index in [1.807, 2.05) is 29.1 Å². The Morgan fingerprint density at radius 3 is 2.80 bits per heavy atom. The summed E-state index contributed by atoms with van der Waals surface area (Å²) < 4.78 is 2.04. The van der Waals surface area contributed by atoms with Crippen LogP contribution in [-0.4, -0.2) is 4.57 Å². The number of hydrogen-bond acceptors (Lipinski definition) is 2. The molecule has 0 spiro atoms. The van der Waals surface area contributed by atoms with Gasteiger partial charge in [-0.2, -0.15) is 5.26 Å². The lowest BCUT2D eigenvalue weighted by atomic mass is 10.1. The minimum absolute atomic E-state index is 0.892. The fourth-order valence-corrected chi connectivity index (χ4v) is 3.46. The first-order valence-corrected chi connectivity index (χ1v) is 5.90. The van der Waals surface area contributed by atoms with Crippen molar-refractivity contribution in [1.82, 2.24) is 4.57 Å². The molecule has 3 heteroatoms. The molecule has 0 saturated heterocycles. The topological polar surface area (TPSA) is 28.7 Å². The SMILES string of the molecule is N#Cc1c(-n2cccc2)sc2c1CCC2. The van der Waals surface area contributed by atoms with Crippen LogP contribution in [0.2, 0.25) is 0 Å². The van der Waals surface area contributed by atoms with Gasteiger partial charge in [-0.15, -0.1) is 11.3 Å². The summed E-state index contributed by atoms with van der Waals surface area (Å²) in [7, 11) is 0. The van der Waals surface area contributed by atoms with Crippen LogP contribution < -0.4 is 0 Å². The van der Waals surface area contributed by atoms with Crippen LogP contribution in [0.5, 0.6) is 0 Å². The van der Waals surface area contributed by atoms with E-state index in [2.05, 4.69) is 6.07 Å². The molecule has 0 unspecified atom stereocenters. The molecule has 0 radical (unpaired) electrons. The maximum Gasteiger partial charge on any atom is 0.118 e. The molecular weight excluding hydrogens is 204 g/mol. The van der Waals surface area contributed by atoms with Crippen molar-refractivity contribution in [2.45, 2.75) is 19.3 Å². The van der Waals surface area contributed by atoms with Crippen LogP contribution in [0.4, 0.5) is 0 Å². The average molecular weight is 214 g/mol. The number of thiophene rings is 1. The van der Waals surface area contributed by atoms with Crippen LogP contribution in [0.15, 0.2) is 24.5 Å². The molecule has 3 rings (SSSR count). The molecule has 0 saturated carbocycles. The predicted molar refractivity (Wildman–Crippen MR) is 60.4 cm³/mol. The standard InChI is InChI=1S/C12H10N2S/c13-8-10-9-4-3-5-11(9)15-12(10)14-6-1-2-7-14/h1-2,6-7H,3-5H2. The Kier molecular flexibility index (Phi) is 1.90. The Morgan fingerprint density at radius 2 is 2.07 bits per heavy atom. The van der Waals surface area contributed by atoms with Crippen molar-refractivity contribution in [3.05, 3.63) is 40.5 Å². The van der Waals surface area contributed by atoms with Crippen LogP contribution in [0.25, 0.3) is 5.00 Å². The van der Waals surface area contributed by atoms with Gasteiger partial charge in [0.2, 0.25) is 0 Å². The number of aryl methyl sites for hydroxylation is 1. The summed E-state index contributed by atoms with van der Waals surface area (Å²) in [6.45, 7) is 0. The highest BCUT2D eigenvalue weighted by Crippen LogP contribution is 2.37. The Bertz CT molecular complexity index is 529. The van der Waals surface area contributed by atoms with Gasteiger partial charge in [-0.3, -0.25) is 0 Å². The highest BCUT2D eigenvalue weighted by atomic mass is 32.1. The molecule has 0 aliphatic heterocycles. The number of nitriles is 1. The molecule has 0 aromatic carbocycles. The Balaban J connectivity index is 2.22. The predicted octanol–water partition coefficient (Wildman–Crippen LogP) is 2.90. The van der Waals surface area contributed by atoms with E-state index in [9.17, 15) is 5.26 Å². The largest absolute Gasteiger partial charge is 0.314 e. The van der Waals surface area contributed by atoms with E-state index < -0.39 is 0 Å². The fourth-order valence-electron chi connectivity index (χ4n) is 2.16. The lowest BCUT2D eigenvalue weighted by molar-refractivity contribution is 0.911. The van der Waals surface area contributed by atoms with E-state index in [0.717, 1.165) is 23.4 Å². The van der Waals surface area contributed by atoms with Crippen molar-refractivity contribution in [3.8, 4) is 11.1 Å². The minimum atomic E-state index is 0.892. The van der Waals surface area contributed by atoms with E-state index in [4.69, 9.17) is 0 Å². The van der Waals surface area contributed by atoms with Crippen LogP contribution in [-0.2, 0) is 12.8 Å². The van der Waals surface area contributed by atoms with Crippen molar-refractivity contribution in [1.29, 1.82) is 5.26 Å². The molecule has 74 valence electrons. The van der Waals surface area contributed by atoms with Crippen molar-refractivity contribution in [2.75, 3.05) is 0 Å². The normalized spacial score (nSPS) is 13.8. The highest BCUT2D eigenvalue weighted by Gasteiger charge is 2.22. The zero-order valence-electron chi connectivity index (χ0n) is 8.23. The second-order valence-electron chi connectivity index (χ2n) is 3.74. The Labute approximate surface area is 92.4 Å². The smallest absolute Gasteiger partial charge is 0.118 e. The molecule has 2 aromatic rings. The molecule has 0 amide bonds. The molecule has 1 aliphatic carbocycles. The maximum atomic E-state index is 9.21. The van der Waals surface area contributed by atoms with E-state index in [1.54, 1.807) is 11.3 Å². The summed E-state index contributed by atoms with van der Waals surface area (Å²) in [5.41, 5.74) is 2.19. The third-order valence-corrected chi connectivity index (χ3v) is 4.16. The van der Waals surface area contributed by atoms with Crippen LogP contribution in [0, 0.1) is 11.3 Å². The first-order chi connectivity index (χ1) is 7.40. The molecule has 0 N–H and O–H groups in total. The number of nitrogens with zero attached hydrogens (tertiary/aromatic N) is 2. The summed E-state index contributed by atoms with van der Waals surface area (Å²) >= 11 is 1.77. The van der Waals surface area contributed by atoms with Crippen molar-refractivity contribution >= 4 is 11.3 Å². The van der Waals surface area contributed by atoms with Gasteiger partial charge >= 0.3 is 0 Å². The molecule has 2 aromatic heterocycles. The Morgan fingerprint density at radius 1 is 1.27 bits per heavy atom. The Hall–Kier alpha value is -1.53. The van der Waals surface area contributed by atoms with E-state index >= 15 is 0 Å². The molecule has 2 nitrogen and oxygen atoms in total. The van der Waals surface area contributed by atoms with Crippen molar-refractivity contribution in [3.63, 3.8) is 0 Å². The zero-order valence-corrected chi connectivity index (χ0v) is 9.05. The van der Waals surface area contributed by atoms with Gasteiger partial charge in [0, 0.05) is 17.3 Å². The number of rotatable bonds is 1. The van der Waals surface area contributed by atoms with Gasteiger partial charge in [-0.05, 0) is 37.0 Å². The van der Waals surface area contributed by atoms with Crippen molar-refractivity contribution < 1.29 is 0 Å². The van der Waals surface area contributed by atoms with Gasteiger partial charge in [-0.1, -0.05) is 0 Å². The molecule has 1 aliphatic rings. The van der Waals surface area contributed by atoms with E-state index in [1.165, 1.54) is 16.9 Å². The van der Waals surface area contributed by atoms with Gasteiger partial charge in [0.15, 0.2) is 0 Å². The zero-order chi connectivity index (χ0) is 10.3. The quantitative estimate of drug-likeness (QED) is 0.717. The van der Waals surface area contributed by atoms with Crippen LogP contribution in [0.3, 0.4) is 0 Å². The summed E-state index contributed by atoms with van der Waals surface area (Å²) in [4.78, 5) is 1.41. The summed E-state index contributed by atoms with van der Waals surface area (Å²) in [5.74, 6) is 0. The molecule has 0 fully saturated rings. The second-order valence-corrected chi connectivity index (χ2v) is 4.82. The summed E-state index contributed by atoms with van der Waals surface area (Å²) in [5, 5.41) is 10.3. The number of hydrogen-bond donors (Lipinski definition) is 0. The van der Waals surface area contributed by atoms with Crippen LogP contribution in [0.1, 0.15) is 22.4 Å². The average Bonchev–Trinajstić information content (AvgIpc) is 2.93. The molecule has 2 heterocycles. The van der Waals surface area contributed by atoms with Crippen molar-refractivity contribution in [2.24, 2.45) is 0 Å². The molecular formula is C12H10N2S. The first kappa shape index (κ1) is 8.75. The van der Waals surface area contributed by atoms with E-state index in [-0.39, 0.29) is 0 Å². The summed E-state index contributed by atoms with van der Waals surface area (Å²) in [6, 6.07) is 6.34. The second kappa shape index (κ2) is 3.25.